The minimum atomic E-state index is 0.333. The van der Waals surface area contributed by atoms with E-state index in [1.807, 2.05) is 12.1 Å². The second-order valence-electron chi connectivity index (χ2n) is 2.63. The van der Waals surface area contributed by atoms with Crippen molar-refractivity contribution in [3.63, 3.8) is 0 Å². The Morgan fingerprint density at radius 2 is 2.38 bits per heavy atom. The van der Waals surface area contributed by atoms with E-state index in [0.717, 1.165) is 5.52 Å². The Morgan fingerprint density at radius 3 is 3.08 bits per heavy atom. The summed E-state index contributed by atoms with van der Waals surface area (Å²) in [5.41, 5.74) is 2.13. The summed E-state index contributed by atoms with van der Waals surface area (Å²) in [4.78, 5) is 7.22. The molecule has 2 aromatic rings. The summed E-state index contributed by atoms with van der Waals surface area (Å²) in [5, 5.41) is 8.78. The molecule has 3 nitrogen and oxygen atoms in total. The quantitative estimate of drug-likeness (QED) is 0.703. The summed E-state index contributed by atoms with van der Waals surface area (Å²) < 4.78 is 0. The van der Waals surface area contributed by atoms with Crippen LogP contribution in [0.25, 0.3) is 11.0 Å². The first-order chi connectivity index (χ1) is 6.35. The third kappa shape index (κ3) is 1.25. The number of nitrogens with zero attached hydrogens (tertiary/aromatic N) is 2. The molecule has 13 heavy (non-hydrogen) atoms. The van der Waals surface area contributed by atoms with E-state index in [9.17, 15) is 0 Å². The number of rotatable bonds is 1. The third-order valence-electron chi connectivity index (χ3n) is 1.81. The number of benzene rings is 1. The van der Waals surface area contributed by atoms with Crippen molar-refractivity contribution in [2.45, 2.75) is 5.88 Å². The van der Waals surface area contributed by atoms with Gasteiger partial charge >= 0.3 is 0 Å². The van der Waals surface area contributed by atoms with Gasteiger partial charge in [0.05, 0.1) is 17.0 Å². The van der Waals surface area contributed by atoms with Crippen molar-refractivity contribution in [3.8, 4) is 6.07 Å². The Morgan fingerprint density at radius 1 is 1.54 bits per heavy atom. The highest BCUT2D eigenvalue weighted by atomic mass is 35.5. The monoisotopic (exact) mass is 191 g/mol. The van der Waals surface area contributed by atoms with Gasteiger partial charge in [0, 0.05) is 0 Å². The van der Waals surface area contributed by atoms with Crippen LogP contribution in [0.3, 0.4) is 0 Å². The van der Waals surface area contributed by atoms with Crippen LogP contribution in [0.1, 0.15) is 11.4 Å². The zero-order valence-electron chi connectivity index (χ0n) is 6.71. The first kappa shape index (κ1) is 8.09. The van der Waals surface area contributed by atoms with Gasteiger partial charge in [0.2, 0.25) is 0 Å². The molecule has 0 saturated carbocycles. The lowest BCUT2D eigenvalue weighted by molar-refractivity contribution is 1.13. The number of fused-ring (bicyclic) bond motifs is 1. The summed E-state index contributed by atoms with van der Waals surface area (Å²) in [6, 6.07) is 7.51. The molecule has 0 amide bonds. The highest BCUT2D eigenvalue weighted by Crippen LogP contribution is 2.16. The van der Waals surface area contributed by atoms with Crippen LogP contribution in [0.2, 0.25) is 0 Å². The molecule has 0 fully saturated rings. The molecule has 2 rings (SSSR count). The maximum Gasteiger partial charge on any atom is 0.122 e. The average molecular weight is 192 g/mol. The lowest BCUT2D eigenvalue weighted by Crippen LogP contribution is -1.78. The largest absolute Gasteiger partial charge is 0.341 e. The first-order valence-corrected chi connectivity index (χ1v) is 4.32. The van der Waals surface area contributed by atoms with Crippen molar-refractivity contribution in [1.29, 1.82) is 5.26 Å². The van der Waals surface area contributed by atoms with E-state index in [-0.39, 0.29) is 0 Å². The van der Waals surface area contributed by atoms with Crippen LogP contribution in [-0.4, -0.2) is 9.97 Å². The van der Waals surface area contributed by atoms with E-state index >= 15 is 0 Å². The standard InChI is InChI=1S/C9H6ClN3/c10-4-8-12-7-3-1-2-6(5-11)9(7)13-8/h1-3H,4H2,(H,12,13). The molecule has 0 bridgehead atoms. The summed E-state index contributed by atoms with van der Waals surface area (Å²) in [5.74, 6) is 1.03. The van der Waals surface area contributed by atoms with Crippen molar-refractivity contribution in [2.75, 3.05) is 0 Å². The van der Waals surface area contributed by atoms with Crippen LogP contribution in [0.15, 0.2) is 18.2 Å². The van der Waals surface area contributed by atoms with Gasteiger partial charge in [0.15, 0.2) is 0 Å². The molecule has 0 spiro atoms. The van der Waals surface area contributed by atoms with Crippen LogP contribution in [0, 0.1) is 11.3 Å². The number of nitriles is 1. The summed E-state index contributed by atoms with van der Waals surface area (Å²) in [7, 11) is 0. The highest BCUT2D eigenvalue weighted by Gasteiger charge is 2.04. The van der Waals surface area contributed by atoms with Gasteiger partial charge in [-0.2, -0.15) is 5.26 Å². The second kappa shape index (κ2) is 3.08. The zero-order valence-corrected chi connectivity index (χ0v) is 7.47. The SMILES string of the molecule is N#Cc1cccc2[nH]c(CCl)nc12. The molecule has 0 aliphatic carbocycles. The van der Waals surface area contributed by atoms with Crippen molar-refractivity contribution in [1.82, 2.24) is 9.97 Å². The van der Waals surface area contributed by atoms with Gasteiger partial charge in [-0.15, -0.1) is 11.6 Å². The van der Waals surface area contributed by atoms with Crippen molar-refractivity contribution in [2.24, 2.45) is 0 Å². The summed E-state index contributed by atoms with van der Waals surface area (Å²) in [6.45, 7) is 0. The van der Waals surface area contributed by atoms with Crippen LogP contribution in [0.4, 0.5) is 0 Å². The highest BCUT2D eigenvalue weighted by molar-refractivity contribution is 6.16. The second-order valence-corrected chi connectivity index (χ2v) is 2.90. The predicted octanol–water partition coefficient (Wildman–Crippen LogP) is 2.17. The number of halogens is 1. The van der Waals surface area contributed by atoms with Crippen molar-refractivity contribution in [3.05, 3.63) is 29.6 Å². The smallest absolute Gasteiger partial charge is 0.122 e. The Labute approximate surface area is 80.0 Å². The predicted molar refractivity (Wildman–Crippen MR) is 50.4 cm³/mol. The minimum Gasteiger partial charge on any atom is -0.341 e. The van der Waals surface area contributed by atoms with Crippen LogP contribution in [0.5, 0.6) is 0 Å². The fourth-order valence-corrected chi connectivity index (χ4v) is 1.36. The molecule has 64 valence electrons. The fourth-order valence-electron chi connectivity index (χ4n) is 1.24. The topological polar surface area (TPSA) is 52.5 Å². The molecule has 0 aliphatic rings. The van der Waals surface area contributed by atoms with Gasteiger partial charge in [-0.1, -0.05) is 6.07 Å². The van der Waals surface area contributed by atoms with Gasteiger partial charge in [0.25, 0.3) is 0 Å². The molecule has 1 N–H and O–H groups in total. The zero-order chi connectivity index (χ0) is 9.26. The molecule has 4 heteroatoms. The summed E-state index contributed by atoms with van der Waals surface area (Å²) >= 11 is 5.62. The number of H-pyrrole nitrogens is 1. The molecular formula is C9H6ClN3. The number of alkyl halides is 1. The maximum atomic E-state index is 8.78. The molecular weight excluding hydrogens is 186 g/mol. The number of hydrogen-bond acceptors (Lipinski definition) is 2. The van der Waals surface area contributed by atoms with Gasteiger partial charge in [-0.3, -0.25) is 0 Å². The van der Waals surface area contributed by atoms with Crippen molar-refractivity contribution >= 4 is 22.6 Å². The summed E-state index contributed by atoms with van der Waals surface area (Å²) in [6.07, 6.45) is 0. The van der Waals surface area contributed by atoms with E-state index in [4.69, 9.17) is 16.9 Å². The molecule has 0 saturated heterocycles. The molecule has 0 radical (unpaired) electrons. The number of nitrogens with one attached hydrogen (secondary N) is 1. The van der Waals surface area contributed by atoms with Gasteiger partial charge in [-0.05, 0) is 12.1 Å². The van der Waals surface area contributed by atoms with Gasteiger partial charge in [0.1, 0.15) is 17.4 Å². The third-order valence-corrected chi connectivity index (χ3v) is 2.06. The molecule has 0 aliphatic heterocycles. The molecule has 1 aromatic heterocycles. The Kier molecular flexibility index (Phi) is 1.91. The maximum absolute atomic E-state index is 8.78. The Balaban J connectivity index is 2.76. The molecule has 1 aromatic carbocycles. The van der Waals surface area contributed by atoms with E-state index in [1.165, 1.54) is 0 Å². The van der Waals surface area contributed by atoms with Crippen LogP contribution >= 0.6 is 11.6 Å². The Hall–Kier alpha value is -1.53. The molecule has 0 atom stereocenters. The van der Waals surface area contributed by atoms with E-state index in [2.05, 4.69) is 16.0 Å². The average Bonchev–Trinajstić information content (AvgIpc) is 2.59. The van der Waals surface area contributed by atoms with E-state index < -0.39 is 0 Å². The number of aromatic amines is 1. The molecule has 1 heterocycles. The molecule has 0 unspecified atom stereocenters. The van der Waals surface area contributed by atoms with Crippen molar-refractivity contribution < 1.29 is 0 Å². The van der Waals surface area contributed by atoms with E-state index in [0.29, 0.717) is 22.8 Å². The number of aromatic nitrogens is 2. The van der Waals surface area contributed by atoms with Crippen LogP contribution < -0.4 is 0 Å². The Bertz CT molecular complexity index is 481. The van der Waals surface area contributed by atoms with Crippen LogP contribution in [-0.2, 0) is 5.88 Å². The minimum absolute atomic E-state index is 0.333. The lowest BCUT2D eigenvalue weighted by atomic mass is 10.2. The number of hydrogen-bond donors (Lipinski definition) is 1. The number of imidazole rings is 1. The van der Waals surface area contributed by atoms with Gasteiger partial charge < -0.3 is 4.98 Å². The van der Waals surface area contributed by atoms with Gasteiger partial charge in [-0.25, -0.2) is 4.98 Å². The number of para-hydroxylation sites is 1. The van der Waals surface area contributed by atoms with E-state index in [1.54, 1.807) is 6.07 Å². The lowest BCUT2D eigenvalue weighted by Gasteiger charge is -1.88. The first-order valence-electron chi connectivity index (χ1n) is 3.79. The fraction of sp³-hybridized carbons (Fsp3) is 0.111. The normalized spacial score (nSPS) is 10.2.